The van der Waals surface area contributed by atoms with Crippen LogP contribution in [0, 0.1) is 12.8 Å². The third kappa shape index (κ3) is 3.23. The molecule has 0 spiro atoms. The third-order valence-electron chi connectivity index (χ3n) is 4.22. The van der Waals surface area contributed by atoms with Gasteiger partial charge in [-0.2, -0.15) is 0 Å². The van der Waals surface area contributed by atoms with Crippen molar-refractivity contribution in [3.63, 3.8) is 0 Å². The number of aromatic nitrogens is 1. The summed E-state index contributed by atoms with van der Waals surface area (Å²) in [6.45, 7) is 1.96. The molecular formula is C20H16N2O3S. The number of nitrogens with one attached hydrogen (secondary N) is 1. The van der Waals surface area contributed by atoms with Crippen LogP contribution in [-0.4, -0.2) is 23.0 Å². The first-order valence-electron chi connectivity index (χ1n) is 8.21. The van der Waals surface area contributed by atoms with Gasteiger partial charge in [0.1, 0.15) is 6.10 Å². The van der Waals surface area contributed by atoms with E-state index in [1.54, 1.807) is 35.6 Å². The van der Waals surface area contributed by atoms with Crippen molar-refractivity contribution in [2.45, 2.75) is 13.0 Å². The number of ether oxygens (including phenoxy) is 1. The summed E-state index contributed by atoms with van der Waals surface area (Å²) in [6, 6.07) is 7.39. The zero-order valence-corrected chi connectivity index (χ0v) is 14.8. The molecule has 130 valence electrons. The van der Waals surface area contributed by atoms with Crippen LogP contribution in [0.5, 0.6) is 0 Å². The summed E-state index contributed by atoms with van der Waals surface area (Å²) in [7, 11) is 0. The highest BCUT2D eigenvalue weighted by Crippen LogP contribution is 2.26. The Morgan fingerprint density at radius 3 is 2.77 bits per heavy atom. The molecule has 2 atom stereocenters. The van der Waals surface area contributed by atoms with Gasteiger partial charge in [-0.25, -0.2) is 4.98 Å². The number of aryl methyl sites for hydroxylation is 1. The van der Waals surface area contributed by atoms with Crippen molar-refractivity contribution in [2.24, 2.45) is 5.92 Å². The second-order valence-corrected chi connectivity index (χ2v) is 7.13. The molecule has 1 aromatic carbocycles. The number of amides is 1. The smallest absolute Gasteiger partial charge is 0.323 e. The Kier molecular flexibility index (Phi) is 4.26. The van der Waals surface area contributed by atoms with Gasteiger partial charge in [0.2, 0.25) is 5.91 Å². The van der Waals surface area contributed by atoms with Crippen LogP contribution in [0.25, 0.3) is 11.3 Å². The molecular weight excluding hydrogens is 348 g/mol. The molecule has 26 heavy (non-hydrogen) atoms. The maximum Gasteiger partial charge on any atom is 0.323 e. The van der Waals surface area contributed by atoms with Gasteiger partial charge in [-0.3, -0.25) is 9.59 Å². The quantitative estimate of drug-likeness (QED) is 0.667. The Balaban J connectivity index is 1.48. The van der Waals surface area contributed by atoms with Gasteiger partial charge < -0.3 is 10.1 Å². The van der Waals surface area contributed by atoms with E-state index in [9.17, 15) is 9.59 Å². The van der Waals surface area contributed by atoms with Gasteiger partial charge in [0.25, 0.3) is 0 Å². The molecule has 1 aliphatic carbocycles. The van der Waals surface area contributed by atoms with Crippen LogP contribution in [-0.2, 0) is 14.3 Å². The van der Waals surface area contributed by atoms with E-state index in [1.807, 2.05) is 42.7 Å². The van der Waals surface area contributed by atoms with Crippen molar-refractivity contribution in [1.29, 1.82) is 0 Å². The SMILES string of the molecule is Cc1nc(-c2ccc(NC(=O)[C@@H]3C=C4C=CC=C[C@H]4OC3=O)cc2)cs1. The van der Waals surface area contributed by atoms with Crippen LogP contribution >= 0.6 is 11.3 Å². The lowest BCUT2D eigenvalue weighted by Crippen LogP contribution is -2.36. The minimum atomic E-state index is -0.946. The number of thiazole rings is 1. The van der Waals surface area contributed by atoms with Crippen LogP contribution in [0.15, 0.2) is 65.6 Å². The maximum atomic E-state index is 12.5. The van der Waals surface area contributed by atoms with Crippen LogP contribution in [0.3, 0.4) is 0 Å². The fraction of sp³-hybridized carbons (Fsp3) is 0.150. The molecule has 0 saturated heterocycles. The lowest BCUT2D eigenvalue weighted by atomic mass is 9.95. The zero-order chi connectivity index (χ0) is 18.1. The van der Waals surface area contributed by atoms with Crippen LogP contribution in [0.4, 0.5) is 5.69 Å². The molecule has 2 aliphatic rings. The number of nitrogens with zero attached hydrogens (tertiary/aromatic N) is 1. The van der Waals surface area contributed by atoms with E-state index in [4.69, 9.17) is 4.74 Å². The van der Waals surface area contributed by atoms with E-state index in [0.717, 1.165) is 21.8 Å². The van der Waals surface area contributed by atoms with E-state index in [2.05, 4.69) is 10.3 Å². The van der Waals surface area contributed by atoms with Crippen LogP contribution in [0.2, 0.25) is 0 Å². The largest absolute Gasteiger partial charge is 0.452 e. The number of allylic oxidation sites excluding steroid dienone is 2. The highest BCUT2D eigenvalue weighted by molar-refractivity contribution is 7.09. The highest BCUT2D eigenvalue weighted by Gasteiger charge is 2.34. The first-order valence-corrected chi connectivity index (χ1v) is 9.08. The monoisotopic (exact) mass is 364 g/mol. The van der Waals surface area contributed by atoms with Crippen LogP contribution in [0.1, 0.15) is 5.01 Å². The molecule has 1 amide bonds. The van der Waals surface area contributed by atoms with E-state index in [0.29, 0.717) is 5.69 Å². The lowest BCUT2D eigenvalue weighted by molar-refractivity contribution is -0.152. The van der Waals surface area contributed by atoms with Crippen molar-refractivity contribution < 1.29 is 14.3 Å². The number of carbonyl (C=O) groups excluding carboxylic acids is 2. The second-order valence-electron chi connectivity index (χ2n) is 6.06. The van der Waals surface area contributed by atoms with E-state index in [-0.39, 0.29) is 0 Å². The summed E-state index contributed by atoms with van der Waals surface area (Å²) in [4.78, 5) is 29.1. The molecule has 4 rings (SSSR count). The predicted molar refractivity (Wildman–Crippen MR) is 101 cm³/mol. The van der Waals surface area contributed by atoms with E-state index in [1.165, 1.54) is 0 Å². The molecule has 0 saturated carbocycles. The number of fused-ring (bicyclic) bond motifs is 1. The highest BCUT2D eigenvalue weighted by atomic mass is 32.1. The van der Waals surface area contributed by atoms with Crippen molar-refractivity contribution in [2.75, 3.05) is 5.32 Å². The van der Waals surface area contributed by atoms with Gasteiger partial charge in [0.05, 0.1) is 10.7 Å². The molecule has 1 aliphatic heterocycles. The third-order valence-corrected chi connectivity index (χ3v) is 4.99. The number of carbonyl (C=O) groups is 2. The summed E-state index contributed by atoms with van der Waals surface area (Å²) in [5.74, 6) is -1.88. The average molecular weight is 364 g/mol. The molecule has 1 N–H and O–H groups in total. The number of hydrogen-bond donors (Lipinski definition) is 1. The summed E-state index contributed by atoms with van der Waals surface area (Å²) in [5.41, 5.74) is 3.34. The number of esters is 1. The molecule has 1 aromatic heterocycles. The molecule has 2 heterocycles. The van der Waals surface area contributed by atoms with Crippen LogP contribution < -0.4 is 5.32 Å². The zero-order valence-electron chi connectivity index (χ0n) is 14.0. The van der Waals surface area contributed by atoms with Gasteiger partial charge in [0.15, 0.2) is 5.92 Å². The first kappa shape index (κ1) is 16.5. The van der Waals surface area contributed by atoms with Gasteiger partial charge in [0, 0.05) is 16.6 Å². The van der Waals surface area contributed by atoms with Crippen molar-refractivity contribution in [3.05, 3.63) is 70.6 Å². The average Bonchev–Trinajstić information content (AvgIpc) is 3.08. The van der Waals surface area contributed by atoms with Gasteiger partial charge in [-0.15, -0.1) is 11.3 Å². The molecule has 2 aromatic rings. The predicted octanol–water partition coefficient (Wildman–Crippen LogP) is 3.65. The normalized spacial score (nSPS) is 21.0. The Labute approximate surface area is 154 Å². The van der Waals surface area contributed by atoms with Gasteiger partial charge >= 0.3 is 5.97 Å². The standard InChI is InChI=1S/C20H16N2O3S/c1-12-21-17(11-26-12)13-6-8-15(9-7-13)22-19(23)16-10-14-4-2-3-5-18(14)25-20(16)24/h2-11,16,18H,1H3,(H,22,23)/t16-,18+/m0/s1. The van der Waals surface area contributed by atoms with Gasteiger partial charge in [-0.1, -0.05) is 36.4 Å². The summed E-state index contributed by atoms with van der Waals surface area (Å²) >= 11 is 1.59. The second kappa shape index (κ2) is 6.72. The number of rotatable bonds is 3. The van der Waals surface area contributed by atoms with Gasteiger partial charge in [-0.05, 0) is 30.7 Å². The summed E-state index contributed by atoms with van der Waals surface area (Å²) < 4.78 is 5.33. The molecule has 5 nitrogen and oxygen atoms in total. The number of hydrogen-bond acceptors (Lipinski definition) is 5. The number of benzene rings is 1. The fourth-order valence-electron chi connectivity index (χ4n) is 2.88. The summed E-state index contributed by atoms with van der Waals surface area (Å²) in [6.07, 6.45) is 8.59. The molecule has 0 unspecified atom stereocenters. The topological polar surface area (TPSA) is 68.3 Å². The van der Waals surface area contributed by atoms with E-state index < -0.39 is 23.9 Å². The van der Waals surface area contributed by atoms with Crippen molar-refractivity contribution in [1.82, 2.24) is 4.98 Å². The Morgan fingerprint density at radius 1 is 1.23 bits per heavy atom. The lowest BCUT2D eigenvalue weighted by Gasteiger charge is -2.26. The molecule has 6 heteroatoms. The Morgan fingerprint density at radius 2 is 2.04 bits per heavy atom. The maximum absolute atomic E-state index is 12.5. The minimum Gasteiger partial charge on any atom is -0.452 e. The Bertz CT molecular complexity index is 954. The number of anilines is 1. The minimum absolute atomic E-state index is 0.391. The van der Waals surface area contributed by atoms with Crippen molar-refractivity contribution in [3.8, 4) is 11.3 Å². The molecule has 0 fully saturated rings. The van der Waals surface area contributed by atoms with Crippen molar-refractivity contribution >= 4 is 28.9 Å². The molecule has 0 radical (unpaired) electrons. The molecule has 0 bridgehead atoms. The first-order chi connectivity index (χ1) is 12.6. The summed E-state index contributed by atoms with van der Waals surface area (Å²) in [5, 5.41) is 5.78. The van der Waals surface area contributed by atoms with E-state index >= 15 is 0 Å². The Hall–Kier alpha value is -2.99. The fourth-order valence-corrected chi connectivity index (χ4v) is 3.50.